The van der Waals surface area contributed by atoms with Gasteiger partial charge in [-0.05, 0) is 12.1 Å². The molecular formula is C12H11N3O3. The Hall–Kier alpha value is -2.50. The number of H-pyrrole nitrogens is 1. The van der Waals surface area contributed by atoms with Crippen molar-refractivity contribution in [2.75, 3.05) is 6.61 Å². The molecule has 2 rings (SSSR count). The van der Waals surface area contributed by atoms with Crippen molar-refractivity contribution in [3.05, 3.63) is 40.9 Å². The predicted molar refractivity (Wildman–Crippen MR) is 65.4 cm³/mol. The highest BCUT2D eigenvalue weighted by molar-refractivity contribution is 5.96. The molecule has 1 aromatic heterocycles. The molecule has 0 aliphatic heterocycles. The van der Waals surface area contributed by atoms with Crippen LogP contribution in [0.5, 0.6) is 0 Å². The lowest BCUT2D eigenvalue weighted by Crippen LogP contribution is -2.05. The molecule has 6 nitrogen and oxygen atoms in total. The highest BCUT2D eigenvalue weighted by Gasteiger charge is 2.21. The van der Waals surface area contributed by atoms with Gasteiger partial charge >= 0.3 is 5.97 Å². The minimum absolute atomic E-state index is 0.0225. The molecule has 92 valence electrons. The molecule has 1 heterocycles. The number of hydrogen-bond donors (Lipinski definition) is 1. The number of benzene rings is 1. The topological polar surface area (TPSA) is 84.4 Å². The van der Waals surface area contributed by atoms with Crippen LogP contribution in [0, 0.1) is 4.91 Å². The van der Waals surface area contributed by atoms with Gasteiger partial charge in [-0.2, -0.15) is 5.10 Å². The van der Waals surface area contributed by atoms with Crippen molar-refractivity contribution in [2.24, 2.45) is 5.18 Å². The lowest BCUT2D eigenvalue weighted by molar-refractivity contribution is 0.0520. The van der Waals surface area contributed by atoms with Crippen molar-refractivity contribution >= 4 is 11.7 Å². The van der Waals surface area contributed by atoms with Crippen molar-refractivity contribution in [1.29, 1.82) is 0 Å². The van der Waals surface area contributed by atoms with E-state index in [2.05, 4.69) is 15.4 Å². The molecule has 1 aromatic carbocycles. The highest BCUT2D eigenvalue weighted by atomic mass is 16.5. The van der Waals surface area contributed by atoms with Gasteiger partial charge in [-0.25, -0.2) is 4.79 Å². The summed E-state index contributed by atoms with van der Waals surface area (Å²) in [4.78, 5) is 22.5. The number of aromatic amines is 1. The second-order valence-electron chi connectivity index (χ2n) is 3.47. The SMILES string of the molecule is CCOC(=O)c1[nH]nc(-c2ccccc2)c1N=O. The first-order valence-corrected chi connectivity index (χ1v) is 5.42. The van der Waals surface area contributed by atoms with E-state index in [4.69, 9.17) is 4.74 Å². The Morgan fingerprint density at radius 1 is 1.39 bits per heavy atom. The molecule has 18 heavy (non-hydrogen) atoms. The maximum Gasteiger partial charge on any atom is 0.358 e. The molecule has 6 heteroatoms. The normalized spacial score (nSPS) is 10.1. The predicted octanol–water partition coefficient (Wildman–Crippen LogP) is 2.65. The van der Waals surface area contributed by atoms with E-state index in [0.29, 0.717) is 11.3 Å². The third-order valence-corrected chi connectivity index (χ3v) is 2.36. The second-order valence-corrected chi connectivity index (χ2v) is 3.47. The van der Waals surface area contributed by atoms with Crippen molar-refractivity contribution < 1.29 is 9.53 Å². The van der Waals surface area contributed by atoms with Gasteiger partial charge in [-0.15, -0.1) is 4.91 Å². The van der Waals surface area contributed by atoms with Gasteiger partial charge in [0.1, 0.15) is 5.69 Å². The average Bonchev–Trinajstić information content (AvgIpc) is 2.83. The van der Waals surface area contributed by atoms with Crippen LogP contribution in [0.25, 0.3) is 11.3 Å². The monoisotopic (exact) mass is 245 g/mol. The molecular weight excluding hydrogens is 234 g/mol. The molecule has 0 radical (unpaired) electrons. The van der Waals surface area contributed by atoms with E-state index in [1.807, 2.05) is 18.2 Å². The first kappa shape index (κ1) is 12.0. The van der Waals surface area contributed by atoms with Crippen LogP contribution in [0.3, 0.4) is 0 Å². The Kier molecular flexibility index (Phi) is 3.47. The van der Waals surface area contributed by atoms with Crippen LogP contribution in [0.1, 0.15) is 17.4 Å². The summed E-state index contributed by atoms with van der Waals surface area (Å²) in [6.07, 6.45) is 0. The van der Waals surface area contributed by atoms with Crippen LogP contribution in [0.2, 0.25) is 0 Å². The minimum atomic E-state index is -0.637. The minimum Gasteiger partial charge on any atom is -0.461 e. The van der Waals surface area contributed by atoms with Gasteiger partial charge in [0.15, 0.2) is 11.4 Å². The fraction of sp³-hybridized carbons (Fsp3) is 0.167. The van der Waals surface area contributed by atoms with E-state index in [1.165, 1.54) is 0 Å². The van der Waals surface area contributed by atoms with E-state index in [0.717, 1.165) is 0 Å². The zero-order valence-corrected chi connectivity index (χ0v) is 9.71. The molecule has 0 saturated heterocycles. The van der Waals surface area contributed by atoms with E-state index >= 15 is 0 Å². The summed E-state index contributed by atoms with van der Waals surface area (Å²) in [7, 11) is 0. The molecule has 0 aliphatic rings. The lowest BCUT2D eigenvalue weighted by atomic mass is 10.1. The Balaban J connectivity index is 2.46. The first-order chi connectivity index (χ1) is 8.77. The van der Waals surface area contributed by atoms with Crippen LogP contribution in [0.4, 0.5) is 5.69 Å². The summed E-state index contributed by atoms with van der Waals surface area (Å²) < 4.78 is 4.81. The quantitative estimate of drug-likeness (QED) is 0.662. The molecule has 0 saturated carbocycles. The number of hydrogen-bond acceptors (Lipinski definition) is 5. The van der Waals surface area contributed by atoms with Crippen LogP contribution < -0.4 is 0 Å². The van der Waals surface area contributed by atoms with Gasteiger partial charge in [0, 0.05) is 5.56 Å². The Bertz CT molecular complexity index is 563. The van der Waals surface area contributed by atoms with Crippen LogP contribution in [-0.4, -0.2) is 22.8 Å². The summed E-state index contributed by atoms with van der Waals surface area (Å²) in [6.45, 7) is 1.90. The van der Waals surface area contributed by atoms with Gasteiger partial charge in [-0.1, -0.05) is 30.3 Å². The van der Waals surface area contributed by atoms with Crippen LogP contribution >= 0.6 is 0 Å². The molecule has 2 aromatic rings. The zero-order valence-electron chi connectivity index (χ0n) is 9.71. The molecule has 0 aliphatic carbocycles. The molecule has 0 unspecified atom stereocenters. The Morgan fingerprint density at radius 2 is 2.11 bits per heavy atom. The van der Waals surface area contributed by atoms with Crippen molar-refractivity contribution in [1.82, 2.24) is 10.2 Å². The third-order valence-electron chi connectivity index (χ3n) is 2.36. The van der Waals surface area contributed by atoms with Gasteiger partial charge in [0.05, 0.1) is 6.61 Å². The number of carbonyl (C=O) groups is 1. The molecule has 1 N–H and O–H groups in total. The maximum absolute atomic E-state index is 11.6. The standard InChI is InChI=1S/C12H11N3O3/c1-2-18-12(16)11-10(15-17)9(13-14-11)8-6-4-3-5-7-8/h3-7H,2H2,1H3,(H,13,14). The number of rotatable bonds is 4. The maximum atomic E-state index is 11.6. The average molecular weight is 245 g/mol. The summed E-state index contributed by atoms with van der Waals surface area (Å²) in [5.41, 5.74) is 0.998. The second kappa shape index (κ2) is 5.22. The Morgan fingerprint density at radius 3 is 2.72 bits per heavy atom. The van der Waals surface area contributed by atoms with Gasteiger partial charge in [-0.3, -0.25) is 5.10 Å². The summed E-state index contributed by atoms with van der Waals surface area (Å²) >= 11 is 0. The van der Waals surface area contributed by atoms with Crippen molar-refractivity contribution in [3.63, 3.8) is 0 Å². The summed E-state index contributed by atoms with van der Waals surface area (Å²) in [5.74, 6) is -0.637. The molecule has 0 bridgehead atoms. The smallest absolute Gasteiger partial charge is 0.358 e. The van der Waals surface area contributed by atoms with Gasteiger partial charge in [0.25, 0.3) is 0 Å². The third kappa shape index (κ3) is 2.13. The van der Waals surface area contributed by atoms with Crippen LogP contribution in [0.15, 0.2) is 35.5 Å². The van der Waals surface area contributed by atoms with E-state index in [1.54, 1.807) is 19.1 Å². The number of nitroso groups, excluding NO2 is 1. The Labute approximate surface area is 103 Å². The summed E-state index contributed by atoms with van der Waals surface area (Å²) in [6, 6.07) is 9.02. The van der Waals surface area contributed by atoms with Crippen LogP contribution in [-0.2, 0) is 4.74 Å². The molecule has 0 amide bonds. The molecule has 0 fully saturated rings. The van der Waals surface area contributed by atoms with E-state index < -0.39 is 5.97 Å². The van der Waals surface area contributed by atoms with Gasteiger partial charge in [0.2, 0.25) is 0 Å². The highest BCUT2D eigenvalue weighted by Crippen LogP contribution is 2.31. The van der Waals surface area contributed by atoms with Crippen molar-refractivity contribution in [2.45, 2.75) is 6.92 Å². The number of carbonyl (C=O) groups excluding carboxylic acids is 1. The fourth-order valence-corrected chi connectivity index (χ4v) is 1.57. The molecule has 0 spiro atoms. The number of esters is 1. The lowest BCUT2D eigenvalue weighted by Gasteiger charge is -1.99. The fourth-order valence-electron chi connectivity index (χ4n) is 1.57. The number of nitrogens with one attached hydrogen (secondary N) is 1. The molecule has 0 atom stereocenters. The van der Waals surface area contributed by atoms with E-state index in [-0.39, 0.29) is 18.0 Å². The van der Waals surface area contributed by atoms with Gasteiger partial charge < -0.3 is 4.74 Å². The van der Waals surface area contributed by atoms with E-state index in [9.17, 15) is 9.70 Å². The summed E-state index contributed by atoms with van der Waals surface area (Å²) in [5, 5.41) is 9.30. The number of ether oxygens (including phenoxy) is 1. The number of nitrogens with zero attached hydrogens (tertiary/aromatic N) is 2. The zero-order chi connectivity index (χ0) is 13.0. The number of aromatic nitrogens is 2. The first-order valence-electron chi connectivity index (χ1n) is 5.42. The van der Waals surface area contributed by atoms with Crippen molar-refractivity contribution in [3.8, 4) is 11.3 Å². The largest absolute Gasteiger partial charge is 0.461 e.